The predicted molar refractivity (Wildman–Crippen MR) is 62.5 cm³/mol. The van der Waals surface area contributed by atoms with Crippen LogP contribution in [0.2, 0.25) is 5.35 Å². The summed E-state index contributed by atoms with van der Waals surface area (Å²) in [4.78, 5) is 2.47. The van der Waals surface area contributed by atoms with Crippen molar-refractivity contribution in [3.8, 4) is 10.8 Å². The number of hydrogen-bond donors (Lipinski definition) is 0. The third kappa shape index (κ3) is 1.79. The SMILES string of the molecule is Clc1nnc(-c2cc3c(s2)CCSC3)o1. The zero-order valence-corrected chi connectivity index (χ0v) is 10.1. The molecule has 0 radical (unpaired) electrons. The molecule has 0 fully saturated rings. The maximum absolute atomic E-state index is 5.60. The normalized spacial score (nSPS) is 15.3. The van der Waals surface area contributed by atoms with Crippen molar-refractivity contribution in [2.24, 2.45) is 0 Å². The molecular weight excluding hydrogens is 252 g/mol. The van der Waals surface area contributed by atoms with Gasteiger partial charge in [-0.2, -0.15) is 11.8 Å². The van der Waals surface area contributed by atoms with Crippen molar-refractivity contribution < 1.29 is 4.42 Å². The molecular formula is C9H7ClN2OS2. The Balaban J connectivity index is 2.02. The van der Waals surface area contributed by atoms with E-state index in [4.69, 9.17) is 16.0 Å². The Kier molecular flexibility index (Phi) is 2.46. The second-order valence-electron chi connectivity index (χ2n) is 3.22. The highest BCUT2D eigenvalue weighted by atomic mass is 35.5. The van der Waals surface area contributed by atoms with Crippen LogP contribution in [0.4, 0.5) is 0 Å². The fourth-order valence-electron chi connectivity index (χ4n) is 1.56. The molecule has 3 heterocycles. The summed E-state index contributed by atoms with van der Waals surface area (Å²) in [6, 6.07) is 2.13. The van der Waals surface area contributed by atoms with Crippen molar-refractivity contribution in [2.75, 3.05) is 5.75 Å². The first-order valence-corrected chi connectivity index (χ1v) is 6.86. The summed E-state index contributed by atoms with van der Waals surface area (Å²) < 4.78 is 5.19. The van der Waals surface area contributed by atoms with Gasteiger partial charge in [-0.15, -0.1) is 16.4 Å². The van der Waals surface area contributed by atoms with E-state index in [2.05, 4.69) is 16.3 Å². The van der Waals surface area contributed by atoms with Gasteiger partial charge in [0.05, 0.1) is 4.88 Å². The van der Waals surface area contributed by atoms with E-state index in [1.54, 1.807) is 11.3 Å². The maximum Gasteiger partial charge on any atom is 0.313 e. The molecule has 0 spiro atoms. The minimum Gasteiger partial charge on any atom is -0.407 e. The van der Waals surface area contributed by atoms with Crippen molar-refractivity contribution in [2.45, 2.75) is 12.2 Å². The van der Waals surface area contributed by atoms with E-state index in [1.165, 1.54) is 16.2 Å². The van der Waals surface area contributed by atoms with Crippen LogP contribution in [0.5, 0.6) is 0 Å². The van der Waals surface area contributed by atoms with Gasteiger partial charge in [0.2, 0.25) is 0 Å². The molecule has 6 heteroatoms. The molecule has 1 aliphatic rings. The summed E-state index contributed by atoms with van der Waals surface area (Å²) in [7, 11) is 0. The van der Waals surface area contributed by atoms with E-state index in [0.29, 0.717) is 5.89 Å². The summed E-state index contributed by atoms with van der Waals surface area (Å²) in [5.41, 5.74) is 1.40. The number of thioether (sulfide) groups is 1. The van der Waals surface area contributed by atoms with Crippen LogP contribution in [0.1, 0.15) is 10.4 Å². The van der Waals surface area contributed by atoms with Crippen molar-refractivity contribution in [3.63, 3.8) is 0 Å². The van der Waals surface area contributed by atoms with E-state index < -0.39 is 0 Å². The number of nitrogens with zero attached hydrogens (tertiary/aromatic N) is 2. The lowest BCUT2D eigenvalue weighted by molar-refractivity contribution is 0.572. The van der Waals surface area contributed by atoms with E-state index in [-0.39, 0.29) is 5.35 Å². The van der Waals surface area contributed by atoms with Gasteiger partial charge in [0.25, 0.3) is 5.89 Å². The molecule has 0 saturated carbocycles. The standard InChI is InChI=1S/C9H7ClN2OS2/c10-9-12-11-8(13-9)7-3-5-4-14-2-1-6(5)15-7/h3H,1-2,4H2. The van der Waals surface area contributed by atoms with Gasteiger partial charge in [-0.3, -0.25) is 0 Å². The van der Waals surface area contributed by atoms with Crippen molar-refractivity contribution in [1.82, 2.24) is 10.2 Å². The fraction of sp³-hybridized carbons (Fsp3) is 0.333. The van der Waals surface area contributed by atoms with Gasteiger partial charge >= 0.3 is 5.35 Å². The first-order chi connectivity index (χ1) is 7.33. The third-order valence-electron chi connectivity index (χ3n) is 2.24. The number of thiophene rings is 1. The zero-order chi connectivity index (χ0) is 10.3. The zero-order valence-electron chi connectivity index (χ0n) is 7.70. The number of aromatic nitrogens is 2. The molecule has 0 unspecified atom stereocenters. The second kappa shape index (κ2) is 3.81. The van der Waals surface area contributed by atoms with Crippen LogP contribution in [0.3, 0.4) is 0 Å². The first kappa shape index (κ1) is 9.69. The van der Waals surface area contributed by atoms with Crippen molar-refractivity contribution in [1.29, 1.82) is 0 Å². The van der Waals surface area contributed by atoms with Crippen LogP contribution in [-0.4, -0.2) is 16.0 Å². The number of rotatable bonds is 1. The molecule has 78 valence electrons. The number of fused-ring (bicyclic) bond motifs is 1. The molecule has 0 amide bonds. The molecule has 0 aromatic carbocycles. The van der Waals surface area contributed by atoms with Crippen LogP contribution < -0.4 is 0 Å². The molecule has 1 aliphatic heterocycles. The lowest BCUT2D eigenvalue weighted by atomic mass is 10.2. The van der Waals surface area contributed by atoms with Crippen LogP contribution in [0.15, 0.2) is 10.5 Å². The van der Waals surface area contributed by atoms with Crippen LogP contribution >= 0.6 is 34.7 Å². The van der Waals surface area contributed by atoms with Gasteiger partial charge in [-0.25, -0.2) is 0 Å². The van der Waals surface area contributed by atoms with Crippen molar-refractivity contribution in [3.05, 3.63) is 21.9 Å². The molecule has 3 nitrogen and oxygen atoms in total. The molecule has 15 heavy (non-hydrogen) atoms. The van der Waals surface area contributed by atoms with Gasteiger partial charge in [-0.05, 0) is 35.4 Å². The Morgan fingerprint density at radius 1 is 1.40 bits per heavy atom. The molecule has 0 aliphatic carbocycles. The Morgan fingerprint density at radius 3 is 3.07 bits per heavy atom. The van der Waals surface area contributed by atoms with E-state index in [9.17, 15) is 0 Å². The van der Waals surface area contributed by atoms with Gasteiger partial charge < -0.3 is 4.42 Å². The predicted octanol–water partition coefficient (Wildman–Crippen LogP) is 3.24. The van der Waals surface area contributed by atoms with Crippen LogP contribution in [0.25, 0.3) is 10.8 Å². The monoisotopic (exact) mass is 258 g/mol. The summed E-state index contributed by atoms with van der Waals surface area (Å²) in [6.07, 6.45) is 1.15. The number of aryl methyl sites for hydroxylation is 1. The molecule has 3 rings (SSSR count). The largest absolute Gasteiger partial charge is 0.407 e. The summed E-state index contributed by atoms with van der Waals surface area (Å²) >= 11 is 9.30. The van der Waals surface area contributed by atoms with E-state index >= 15 is 0 Å². The second-order valence-corrected chi connectivity index (χ2v) is 5.79. The smallest absolute Gasteiger partial charge is 0.313 e. The minimum absolute atomic E-state index is 0.103. The minimum atomic E-state index is 0.103. The Hall–Kier alpha value is -0.520. The lowest BCUT2D eigenvalue weighted by Crippen LogP contribution is -1.96. The fourth-order valence-corrected chi connectivity index (χ4v) is 3.96. The maximum atomic E-state index is 5.60. The highest BCUT2D eigenvalue weighted by Crippen LogP contribution is 2.36. The Bertz CT molecular complexity index is 471. The van der Waals surface area contributed by atoms with E-state index in [1.807, 2.05) is 11.8 Å². The van der Waals surface area contributed by atoms with Gasteiger partial charge in [0.15, 0.2) is 0 Å². The molecule has 0 bridgehead atoms. The summed E-state index contributed by atoms with van der Waals surface area (Å²) in [5.74, 6) is 2.83. The highest BCUT2D eigenvalue weighted by molar-refractivity contribution is 7.98. The van der Waals surface area contributed by atoms with Crippen LogP contribution in [0, 0.1) is 0 Å². The Morgan fingerprint density at radius 2 is 2.33 bits per heavy atom. The molecule has 0 N–H and O–H groups in total. The molecule has 0 saturated heterocycles. The van der Waals surface area contributed by atoms with Crippen molar-refractivity contribution >= 4 is 34.7 Å². The highest BCUT2D eigenvalue weighted by Gasteiger charge is 2.17. The molecule has 2 aromatic heterocycles. The average molecular weight is 259 g/mol. The lowest BCUT2D eigenvalue weighted by Gasteiger charge is -2.08. The number of hydrogen-bond acceptors (Lipinski definition) is 5. The van der Waals surface area contributed by atoms with Gasteiger partial charge in [-0.1, -0.05) is 5.10 Å². The Labute approximate surface area is 99.8 Å². The molecule has 2 aromatic rings. The van der Waals surface area contributed by atoms with Gasteiger partial charge in [0.1, 0.15) is 0 Å². The summed E-state index contributed by atoms with van der Waals surface area (Å²) in [6.45, 7) is 0. The summed E-state index contributed by atoms with van der Waals surface area (Å²) in [5, 5.41) is 7.64. The first-order valence-electron chi connectivity index (χ1n) is 4.51. The molecule has 0 atom stereocenters. The van der Waals surface area contributed by atoms with Gasteiger partial charge in [0, 0.05) is 10.6 Å². The quantitative estimate of drug-likeness (QED) is 0.787. The topological polar surface area (TPSA) is 38.9 Å². The average Bonchev–Trinajstić information content (AvgIpc) is 2.82. The number of halogens is 1. The third-order valence-corrected chi connectivity index (χ3v) is 4.62. The van der Waals surface area contributed by atoms with Crippen LogP contribution in [-0.2, 0) is 12.2 Å². The van der Waals surface area contributed by atoms with E-state index in [0.717, 1.165) is 17.1 Å².